The van der Waals surface area contributed by atoms with Gasteiger partial charge in [-0.05, 0) is 59.3 Å². The number of fused-ring (bicyclic) bond motifs is 2. The molecule has 7 nitrogen and oxygen atoms in total. The summed E-state index contributed by atoms with van der Waals surface area (Å²) in [6.45, 7) is 1.30. The number of aromatic nitrogens is 2. The van der Waals surface area contributed by atoms with Gasteiger partial charge in [-0.1, -0.05) is 0 Å². The zero-order chi connectivity index (χ0) is 20.5. The summed E-state index contributed by atoms with van der Waals surface area (Å²) >= 11 is 4.76. The largest absolute Gasteiger partial charge is 0.455 e. The van der Waals surface area contributed by atoms with Gasteiger partial charge in [-0.15, -0.1) is 11.3 Å². The predicted octanol–water partition coefficient (Wildman–Crippen LogP) is 3.71. The molecule has 0 saturated carbocycles. The van der Waals surface area contributed by atoms with E-state index >= 15 is 0 Å². The number of halogens is 1. The van der Waals surface area contributed by atoms with Gasteiger partial charge >= 0.3 is 5.97 Å². The zero-order valence-corrected chi connectivity index (χ0v) is 18.1. The van der Waals surface area contributed by atoms with Gasteiger partial charge in [-0.3, -0.25) is 14.0 Å². The second kappa shape index (κ2) is 8.08. The second-order valence-corrected chi connectivity index (χ2v) is 8.85. The number of pyridine rings is 1. The van der Waals surface area contributed by atoms with Crippen molar-refractivity contribution in [3.05, 3.63) is 60.9 Å². The second-order valence-electron chi connectivity index (χ2n) is 6.83. The fraction of sp³-hybridized carbons (Fsp3) is 0.300. The van der Waals surface area contributed by atoms with Crippen LogP contribution in [0.15, 0.2) is 33.7 Å². The van der Waals surface area contributed by atoms with Crippen LogP contribution in [0, 0.1) is 0 Å². The number of thiophene rings is 1. The highest BCUT2D eigenvalue weighted by Gasteiger charge is 2.27. The Morgan fingerprint density at radius 3 is 2.90 bits per heavy atom. The van der Waals surface area contributed by atoms with Gasteiger partial charge in [-0.2, -0.15) is 0 Å². The van der Waals surface area contributed by atoms with Crippen molar-refractivity contribution < 1.29 is 14.3 Å². The molecular weight excluding hydrogens is 458 g/mol. The summed E-state index contributed by atoms with van der Waals surface area (Å²) in [7, 11) is 0. The van der Waals surface area contributed by atoms with Crippen LogP contribution in [0.4, 0.5) is 5.00 Å². The summed E-state index contributed by atoms with van der Waals surface area (Å²) in [5, 5.41) is 3.29. The number of nitrogens with one attached hydrogen (secondary N) is 1. The van der Waals surface area contributed by atoms with Crippen molar-refractivity contribution >= 4 is 49.8 Å². The van der Waals surface area contributed by atoms with Gasteiger partial charge in [0, 0.05) is 28.5 Å². The van der Waals surface area contributed by atoms with Crippen LogP contribution in [-0.4, -0.2) is 21.3 Å². The van der Waals surface area contributed by atoms with E-state index in [0.717, 1.165) is 40.6 Å². The fourth-order valence-electron chi connectivity index (χ4n) is 3.44. The van der Waals surface area contributed by atoms with Gasteiger partial charge in [0.15, 0.2) is 0 Å². The van der Waals surface area contributed by atoms with E-state index in [1.165, 1.54) is 28.7 Å². The third kappa shape index (κ3) is 4.11. The summed E-state index contributed by atoms with van der Waals surface area (Å²) in [6, 6.07) is 4.85. The Morgan fingerprint density at radius 2 is 2.10 bits per heavy atom. The zero-order valence-electron chi connectivity index (χ0n) is 15.7. The lowest BCUT2D eigenvalue weighted by Crippen LogP contribution is -2.17. The molecule has 0 radical (unpaired) electrons. The Balaban J connectivity index is 1.60. The molecule has 1 aliphatic carbocycles. The van der Waals surface area contributed by atoms with E-state index in [-0.39, 0.29) is 18.1 Å². The molecule has 3 heterocycles. The lowest BCUT2D eigenvalue weighted by atomic mass is 9.95. The molecule has 0 atom stereocenters. The minimum atomic E-state index is -0.508. The first-order chi connectivity index (χ1) is 13.9. The van der Waals surface area contributed by atoms with Crippen molar-refractivity contribution in [2.75, 3.05) is 5.32 Å². The molecule has 0 bridgehead atoms. The minimum absolute atomic E-state index is 0.120. The van der Waals surface area contributed by atoms with Gasteiger partial charge in [0.05, 0.1) is 11.3 Å². The highest BCUT2D eigenvalue weighted by molar-refractivity contribution is 9.10. The summed E-state index contributed by atoms with van der Waals surface area (Å²) in [4.78, 5) is 42.2. The number of esters is 1. The van der Waals surface area contributed by atoms with E-state index in [9.17, 15) is 14.4 Å². The maximum atomic E-state index is 12.9. The van der Waals surface area contributed by atoms with E-state index in [1.807, 2.05) is 0 Å². The molecule has 1 N–H and O–H groups in total. The number of amides is 1. The minimum Gasteiger partial charge on any atom is -0.455 e. The van der Waals surface area contributed by atoms with E-state index in [4.69, 9.17) is 4.74 Å². The van der Waals surface area contributed by atoms with Crippen LogP contribution in [0.5, 0.6) is 0 Å². The van der Waals surface area contributed by atoms with E-state index in [1.54, 1.807) is 18.3 Å². The van der Waals surface area contributed by atoms with Gasteiger partial charge in [-0.25, -0.2) is 9.78 Å². The fourth-order valence-corrected chi connectivity index (χ4v) is 5.10. The first-order valence-electron chi connectivity index (χ1n) is 9.19. The van der Waals surface area contributed by atoms with Crippen LogP contribution in [-0.2, 0) is 29.0 Å². The topological polar surface area (TPSA) is 89.8 Å². The SMILES string of the molecule is CC(=O)Nc1sc2c(c1C(=O)OCc1cc(=O)n3cc(Br)ccc3n1)CCCC2. The van der Waals surface area contributed by atoms with Crippen LogP contribution in [0.3, 0.4) is 0 Å². The molecule has 0 spiro atoms. The molecule has 9 heteroatoms. The van der Waals surface area contributed by atoms with Crippen LogP contribution in [0.2, 0.25) is 0 Å². The summed E-state index contributed by atoms with van der Waals surface area (Å²) < 4.78 is 7.67. The van der Waals surface area contributed by atoms with E-state index in [0.29, 0.717) is 21.9 Å². The van der Waals surface area contributed by atoms with Crippen molar-refractivity contribution in [1.29, 1.82) is 0 Å². The maximum Gasteiger partial charge on any atom is 0.341 e. The molecule has 29 heavy (non-hydrogen) atoms. The first kappa shape index (κ1) is 19.8. The number of hydrogen-bond acceptors (Lipinski definition) is 6. The predicted molar refractivity (Wildman–Crippen MR) is 114 cm³/mol. The van der Waals surface area contributed by atoms with Crippen LogP contribution < -0.4 is 10.9 Å². The average Bonchev–Trinajstić information content (AvgIpc) is 3.04. The van der Waals surface area contributed by atoms with E-state index in [2.05, 4.69) is 26.2 Å². The summed E-state index contributed by atoms with van der Waals surface area (Å²) in [5.74, 6) is -0.737. The van der Waals surface area contributed by atoms with Crippen molar-refractivity contribution in [2.24, 2.45) is 0 Å². The smallest absolute Gasteiger partial charge is 0.341 e. The molecule has 0 aromatic carbocycles. The van der Waals surface area contributed by atoms with Crippen LogP contribution in [0.25, 0.3) is 5.65 Å². The normalized spacial score (nSPS) is 13.2. The molecule has 150 valence electrons. The highest BCUT2D eigenvalue weighted by atomic mass is 79.9. The summed E-state index contributed by atoms with van der Waals surface area (Å²) in [5.41, 5.74) is 1.98. The number of rotatable bonds is 4. The number of hydrogen-bond donors (Lipinski definition) is 1. The monoisotopic (exact) mass is 475 g/mol. The number of carbonyl (C=O) groups is 2. The molecule has 4 rings (SSSR count). The Labute approximate surface area is 178 Å². The number of carbonyl (C=O) groups excluding carboxylic acids is 2. The quantitative estimate of drug-likeness (QED) is 0.580. The van der Waals surface area contributed by atoms with Crippen LogP contribution in [0.1, 0.15) is 46.3 Å². The molecule has 0 fully saturated rings. The van der Waals surface area contributed by atoms with Gasteiger partial charge in [0.2, 0.25) is 5.91 Å². The number of anilines is 1. The molecule has 1 aliphatic rings. The van der Waals surface area contributed by atoms with E-state index < -0.39 is 5.97 Å². The molecule has 0 aliphatic heterocycles. The number of aryl methyl sites for hydroxylation is 1. The number of ether oxygens (including phenoxy) is 1. The molecular formula is C20H18BrN3O4S. The van der Waals surface area contributed by atoms with Gasteiger partial charge in [0.25, 0.3) is 5.56 Å². The Kier molecular flexibility index (Phi) is 5.51. The Hall–Kier alpha value is -2.52. The molecule has 3 aromatic heterocycles. The molecule has 1 amide bonds. The van der Waals surface area contributed by atoms with Crippen molar-refractivity contribution in [2.45, 2.75) is 39.2 Å². The van der Waals surface area contributed by atoms with Crippen molar-refractivity contribution in [3.63, 3.8) is 0 Å². The maximum absolute atomic E-state index is 12.9. The molecule has 0 unspecified atom stereocenters. The third-order valence-electron chi connectivity index (χ3n) is 4.69. The van der Waals surface area contributed by atoms with Gasteiger partial charge in [0.1, 0.15) is 17.3 Å². The number of nitrogens with zero attached hydrogens (tertiary/aromatic N) is 2. The Bertz CT molecular complexity index is 1180. The highest BCUT2D eigenvalue weighted by Crippen LogP contribution is 2.38. The lowest BCUT2D eigenvalue weighted by Gasteiger charge is -2.13. The lowest BCUT2D eigenvalue weighted by molar-refractivity contribution is -0.114. The first-order valence-corrected chi connectivity index (χ1v) is 10.8. The van der Waals surface area contributed by atoms with Crippen molar-refractivity contribution in [1.82, 2.24) is 9.38 Å². The van der Waals surface area contributed by atoms with Gasteiger partial charge < -0.3 is 10.1 Å². The molecule has 3 aromatic rings. The third-order valence-corrected chi connectivity index (χ3v) is 6.37. The summed E-state index contributed by atoms with van der Waals surface area (Å²) in [6.07, 6.45) is 5.40. The van der Waals surface area contributed by atoms with Crippen LogP contribution >= 0.6 is 27.3 Å². The Morgan fingerprint density at radius 1 is 1.31 bits per heavy atom. The van der Waals surface area contributed by atoms with Crippen molar-refractivity contribution in [3.8, 4) is 0 Å². The standard InChI is InChI=1S/C20H18BrN3O4S/c1-11(25)22-19-18(14-4-2-3-5-15(14)29-19)20(27)28-10-13-8-17(26)24-9-12(21)6-7-16(24)23-13/h6-9H,2-5,10H2,1H3,(H,22,25). The molecule has 0 saturated heterocycles. The average molecular weight is 476 g/mol.